The van der Waals surface area contributed by atoms with Crippen molar-refractivity contribution in [2.24, 2.45) is 0 Å². The molecule has 2 fully saturated rings. The van der Waals surface area contributed by atoms with E-state index in [9.17, 15) is 21.6 Å². The van der Waals surface area contributed by atoms with Crippen molar-refractivity contribution in [2.75, 3.05) is 26.2 Å². The molecule has 0 N–H and O–H groups in total. The molecule has 1 saturated heterocycles. The summed E-state index contributed by atoms with van der Waals surface area (Å²) in [5.74, 6) is 0.858. The number of nitrogens with zero attached hydrogens (tertiary/aromatic N) is 5. The number of hydrogen-bond donors (Lipinski definition) is 0. The van der Waals surface area contributed by atoms with Crippen LogP contribution >= 0.6 is 23.8 Å². The largest absolute Gasteiger partial charge is 0.417 e. The number of benzene rings is 1. The molecule has 1 aromatic heterocycles. The van der Waals surface area contributed by atoms with Gasteiger partial charge in [-0.25, -0.2) is 13.1 Å². The lowest BCUT2D eigenvalue weighted by Gasteiger charge is -2.33. The maximum atomic E-state index is 13.1. The molecule has 0 amide bonds. The van der Waals surface area contributed by atoms with Crippen molar-refractivity contribution in [2.45, 2.75) is 43.5 Å². The third-order valence-corrected chi connectivity index (χ3v) is 8.13. The van der Waals surface area contributed by atoms with Crippen LogP contribution in [0, 0.1) is 11.7 Å². The summed E-state index contributed by atoms with van der Waals surface area (Å²) in [6.07, 6.45) is -2.54. The Hall–Kier alpha value is -1.47. The zero-order chi connectivity index (χ0) is 22.6. The van der Waals surface area contributed by atoms with Crippen molar-refractivity contribution in [3.05, 3.63) is 39.4 Å². The minimum atomic E-state index is -4.73. The van der Waals surface area contributed by atoms with Crippen molar-refractivity contribution in [1.82, 2.24) is 23.6 Å². The van der Waals surface area contributed by atoms with E-state index in [0.717, 1.165) is 30.8 Å². The van der Waals surface area contributed by atoms with Gasteiger partial charge in [0, 0.05) is 32.2 Å². The second-order valence-electron chi connectivity index (χ2n) is 7.73. The average molecular weight is 496 g/mol. The smallest absolute Gasteiger partial charge is 0.301 e. The van der Waals surface area contributed by atoms with Crippen molar-refractivity contribution < 1.29 is 21.6 Å². The third-order valence-electron chi connectivity index (χ3n) is 5.50. The Labute approximate surface area is 188 Å². The fraction of sp³-hybridized carbons (Fsp3) is 0.556. The maximum Gasteiger partial charge on any atom is 0.417 e. The molecule has 0 bridgehead atoms. The molecule has 2 aromatic rings. The molecule has 0 spiro atoms. The maximum absolute atomic E-state index is 13.1. The van der Waals surface area contributed by atoms with Gasteiger partial charge in [-0.15, -0.1) is 0 Å². The second-order valence-corrected chi connectivity index (χ2v) is 10.4. The zero-order valence-electron chi connectivity index (χ0n) is 16.6. The van der Waals surface area contributed by atoms with Crippen LogP contribution in [0.2, 0.25) is 5.02 Å². The summed E-state index contributed by atoms with van der Waals surface area (Å²) in [4.78, 5) is 1.60. The van der Waals surface area contributed by atoms with E-state index in [1.54, 1.807) is 4.68 Å². The predicted molar refractivity (Wildman–Crippen MR) is 111 cm³/mol. The summed E-state index contributed by atoms with van der Waals surface area (Å²) in [7, 11) is -4.07. The molecule has 2 aliphatic rings. The lowest BCUT2D eigenvalue weighted by Crippen LogP contribution is -2.49. The molecule has 170 valence electrons. The number of piperazine rings is 1. The number of sulfonamides is 1. The van der Waals surface area contributed by atoms with Crippen LogP contribution in [-0.2, 0) is 22.9 Å². The molecule has 1 aromatic carbocycles. The topological polar surface area (TPSA) is 63.4 Å². The zero-order valence-corrected chi connectivity index (χ0v) is 19.0. The Morgan fingerprint density at radius 1 is 1.19 bits per heavy atom. The fourth-order valence-electron chi connectivity index (χ4n) is 3.71. The number of alkyl halides is 3. The first-order chi connectivity index (χ1) is 14.5. The minimum Gasteiger partial charge on any atom is -0.301 e. The van der Waals surface area contributed by atoms with Gasteiger partial charge in [-0.2, -0.15) is 22.6 Å². The molecule has 1 aliphatic carbocycles. The number of aromatic nitrogens is 3. The normalized spacial score (nSPS) is 19.1. The Kier molecular flexibility index (Phi) is 5.97. The molecule has 0 atom stereocenters. The van der Waals surface area contributed by atoms with E-state index in [-0.39, 0.29) is 13.1 Å². The van der Waals surface area contributed by atoms with Crippen molar-refractivity contribution >= 4 is 33.8 Å². The van der Waals surface area contributed by atoms with Crippen molar-refractivity contribution in [3.8, 4) is 0 Å². The number of aryl methyl sites for hydroxylation is 1. The molecule has 2 heterocycles. The first kappa shape index (κ1) is 22.7. The van der Waals surface area contributed by atoms with E-state index < -0.39 is 31.7 Å². The summed E-state index contributed by atoms with van der Waals surface area (Å²) in [6.45, 7) is 3.49. The van der Waals surface area contributed by atoms with Crippen molar-refractivity contribution in [1.29, 1.82) is 0 Å². The van der Waals surface area contributed by atoms with Crippen molar-refractivity contribution in [3.63, 3.8) is 0 Å². The molecule has 31 heavy (non-hydrogen) atoms. The SMILES string of the molecule is Cc1nn(CN2CCN(S(=O)(=O)c3ccc(Cl)c(C(F)(F)F)c3)CC2)c(=S)n1C1CC1. The molecule has 7 nitrogen and oxygen atoms in total. The highest BCUT2D eigenvalue weighted by molar-refractivity contribution is 7.89. The van der Waals surface area contributed by atoms with E-state index >= 15 is 0 Å². The lowest BCUT2D eigenvalue weighted by atomic mass is 10.2. The van der Waals surface area contributed by atoms with Crippen LogP contribution in [0.1, 0.15) is 30.3 Å². The Bertz CT molecular complexity index is 1150. The van der Waals surface area contributed by atoms with Gasteiger partial charge >= 0.3 is 6.18 Å². The highest BCUT2D eigenvalue weighted by Crippen LogP contribution is 2.37. The summed E-state index contributed by atoms with van der Waals surface area (Å²) in [5.41, 5.74) is -1.16. The van der Waals surface area contributed by atoms with Gasteiger partial charge in [0.25, 0.3) is 0 Å². The van der Waals surface area contributed by atoms with Gasteiger partial charge < -0.3 is 4.57 Å². The Morgan fingerprint density at radius 2 is 1.84 bits per heavy atom. The summed E-state index contributed by atoms with van der Waals surface area (Å²) >= 11 is 11.1. The Balaban J connectivity index is 1.45. The van der Waals surface area contributed by atoms with Gasteiger partial charge in [0.15, 0.2) is 4.77 Å². The molecule has 13 heteroatoms. The number of rotatable bonds is 5. The van der Waals surface area contributed by atoms with Gasteiger partial charge in [0.2, 0.25) is 10.0 Å². The van der Waals surface area contributed by atoms with E-state index in [4.69, 9.17) is 23.8 Å². The van der Waals surface area contributed by atoms with Gasteiger partial charge in [0.1, 0.15) is 5.82 Å². The van der Waals surface area contributed by atoms with Gasteiger partial charge in [-0.05, 0) is 50.2 Å². The monoisotopic (exact) mass is 495 g/mol. The van der Waals surface area contributed by atoms with Gasteiger partial charge in [-0.1, -0.05) is 11.6 Å². The molecule has 0 radical (unpaired) electrons. The minimum absolute atomic E-state index is 0.155. The van der Waals surface area contributed by atoms with Crippen LogP contribution in [0.3, 0.4) is 0 Å². The van der Waals surface area contributed by atoms with Crippen LogP contribution < -0.4 is 0 Å². The van der Waals surface area contributed by atoms with Crippen LogP contribution in [-0.4, -0.2) is 58.1 Å². The van der Waals surface area contributed by atoms with Gasteiger partial charge in [0.05, 0.1) is 22.2 Å². The highest BCUT2D eigenvalue weighted by atomic mass is 35.5. The standard InChI is InChI=1S/C18H21ClF3N5O2S2/c1-12-23-26(17(30)27(12)13-2-3-13)11-24-6-8-25(9-7-24)31(28,29)14-4-5-16(19)15(10-14)18(20,21)22/h4-5,10,13H,2-3,6-9,11H2,1H3. The lowest BCUT2D eigenvalue weighted by molar-refractivity contribution is -0.137. The molecule has 1 aliphatic heterocycles. The quantitative estimate of drug-likeness (QED) is 0.592. The van der Waals surface area contributed by atoms with E-state index in [1.165, 1.54) is 4.31 Å². The summed E-state index contributed by atoms with van der Waals surface area (Å²) in [5, 5.41) is 3.97. The van der Waals surface area contributed by atoms with Gasteiger partial charge in [-0.3, -0.25) is 4.90 Å². The molecule has 4 rings (SSSR count). The molecular weight excluding hydrogens is 475 g/mol. The molecular formula is C18H21ClF3N5O2S2. The van der Waals surface area contributed by atoms with E-state index in [1.807, 2.05) is 11.8 Å². The van der Waals surface area contributed by atoms with Crippen LogP contribution in [0.5, 0.6) is 0 Å². The second kappa shape index (κ2) is 8.14. The number of hydrogen-bond acceptors (Lipinski definition) is 5. The highest BCUT2D eigenvalue weighted by Gasteiger charge is 2.36. The van der Waals surface area contributed by atoms with Crippen LogP contribution in [0.15, 0.2) is 23.1 Å². The fourth-order valence-corrected chi connectivity index (χ4v) is 5.76. The molecule has 0 unspecified atom stereocenters. The van der Waals surface area contributed by atoms with E-state index in [0.29, 0.717) is 36.6 Å². The predicted octanol–water partition coefficient (Wildman–Crippen LogP) is 3.69. The number of halogens is 4. The first-order valence-electron chi connectivity index (χ1n) is 9.73. The van der Waals surface area contributed by atoms with Crippen LogP contribution in [0.4, 0.5) is 13.2 Å². The first-order valence-corrected chi connectivity index (χ1v) is 12.0. The summed E-state index contributed by atoms with van der Waals surface area (Å²) in [6, 6.07) is 3.08. The Morgan fingerprint density at radius 3 is 2.42 bits per heavy atom. The van der Waals surface area contributed by atoms with E-state index in [2.05, 4.69) is 9.67 Å². The average Bonchev–Trinajstić information content (AvgIpc) is 3.48. The summed E-state index contributed by atoms with van der Waals surface area (Å²) < 4.78 is 70.8. The third kappa shape index (κ3) is 4.54. The molecule has 1 saturated carbocycles. The van der Waals surface area contributed by atoms with Crippen LogP contribution in [0.25, 0.3) is 0 Å².